The summed E-state index contributed by atoms with van der Waals surface area (Å²) in [7, 11) is 0. The Morgan fingerprint density at radius 1 is 1.20 bits per heavy atom. The van der Waals surface area contributed by atoms with Gasteiger partial charge in [-0.25, -0.2) is 4.79 Å². The molecule has 0 heterocycles. The third-order valence-corrected chi connectivity index (χ3v) is 3.04. The molecular weight excluding hydrogens is 275 g/mol. The van der Waals surface area contributed by atoms with E-state index < -0.39 is 18.1 Å². The van der Waals surface area contributed by atoms with Gasteiger partial charge in [-0.05, 0) is 30.5 Å². The number of rotatable bonds is 4. The van der Waals surface area contributed by atoms with Gasteiger partial charge in [-0.3, -0.25) is 4.79 Å². The van der Waals surface area contributed by atoms with Gasteiger partial charge in [0.2, 0.25) is 0 Å². The van der Waals surface area contributed by atoms with Gasteiger partial charge < -0.3 is 10.0 Å². The Bertz CT molecular complexity index is 521. The smallest absolute Gasteiger partial charge is 0.471 e. The fourth-order valence-electron chi connectivity index (χ4n) is 1.87. The molecular formula is C13H12F3NO3. The van der Waals surface area contributed by atoms with Crippen LogP contribution in [0.1, 0.15) is 28.8 Å². The number of carbonyl (C=O) groups is 2. The van der Waals surface area contributed by atoms with Gasteiger partial charge in [-0.15, -0.1) is 0 Å². The maximum absolute atomic E-state index is 12.5. The highest BCUT2D eigenvalue weighted by Crippen LogP contribution is 2.32. The van der Waals surface area contributed by atoms with Crippen LogP contribution in [0.3, 0.4) is 0 Å². The van der Waals surface area contributed by atoms with Gasteiger partial charge in [0, 0.05) is 12.6 Å². The minimum absolute atomic E-state index is 0.0499. The Hall–Kier alpha value is -2.05. The molecule has 1 aliphatic carbocycles. The highest BCUT2D eigenvalue weighted by Gasteiger charge is 2.46. The van der Waals surface area contributed by atoms with Crippen LogP contribution < -0.4 is 0 Å². The number of nitrogens with zero attached hydrogens (tertiary/aromatic N) is 1. The van der Waals surface area contributed by atoms with Gasteiger partial charge >= 0.3 is 18.1 Å². The number of amides is 1. The second kappa shape index (κ2) is 5.15. The molecule has 1 aromatic rings. The van der Waals surface area contributed by atoms with Gasteiger partial charge in [0.1, 0.15) is 0 Å². The van der Waals surface area contributed by atoms with Crippen LogP contribution >= 0.6 is 0 Å². The molecule has 1 N–H and O–H groups in total. The van der Waals surface area contributed by atoms with Crippen molar-refractivity contribution in [2.45, 2.75) is 31.6 Å². The average molecular weight is 287 g/mol. The van der Waals surface area contributed by atoms with Crippen LogP contribution in [-0.2, 0) is 11.3 Å². The summed E-state index contributed by atoms with van der Waals surface area (Å²) in [6, 6.07) is 5.08. The van der Waals surface area contributed by atoms with E-state index in [4.69, 9.17) is 5.11 Å². The molecule has 0 radical (unpaired) electrons. The van der Waals surface area contributed by atoms with Gasteiger partial charge in [0.05, 0.1) is 5.56 Å². The van der Waals surface area contributed by atoms with Crippen LogP contribution in [0.25, 0.3) is 0 Å². The number of benzene rings is 1. The molecule has 0 aliphatic heterocycles. The molecule has 0 saturated heterocycles. The Balaban J connectivity index is 2.12. The Kier molecular flexibility index (Phi) is 3.69. The number of carboxylic acids is 1. The van der Waals surface area contributed by atoms with E-state index in [2.05, 4.69) is 0 Å². The van der Waals surface area contributed by atoms with Gasteiger partial charge in [0.25, 0.3) is 0 Å². The second-order valence-electron chi connectivity index (χ2n) is 4.66. The zero-order valence-electron chi connectivity index (χ0n) is 10.4. The van der Waals surface area contributed by atoms with E-state index in [0.717, 1.165) is 4.90 Å². The van der Waals surface area contributed by atoms with E-state index in [1.807, 2.05) is 0 Å². The molecule has 0 aromatic heterocycles. The van der Waals surface area contributed by atoms with E-state index in [1.54, 1.807) is 0 Å². The summed E-state index contributed by atoms with van der Waals surface area (Å²) in [4.78, 5) is 22.8. The molecule has 1 aromatic carbocycles. The van der Waals surface area contributed by atoms with E-state index in [-0.39, 0.29) is 18.2 Å². The van der Waals surface area contributed by atoms with Crippen molar-refractivity contribution in [3.8, 4) is 0 Å². The first-order valence-electron chi connectivity index (χ1n) is 5.99. The number of hydrogen-bond acceptors (Lipinski definition) is 2. The molecule has 0 bridgehead atoms. The third kappa shape index (κ3) is 3.28. The number of carbonyl (C=O) groups excluding carboxylic acids is 1. The molecule has 0 atom stereocenters. The third-order valence-electron chi connectivity index (χ3n) is 3.04. The van der Waals surface area contributed by atoms with Crippen molar-refractivity contribution in [1.82, 2.24) is 4.90 Å². The van der Waals surface area contributed by atoms with E-state index in [1.165, 1.54) is 24.3 Å². The monoisotopic (exact) mass is 287 g/mol. The highest BCUT2D eigenvalue weighted by molar-refractivity contribution is 5.87. The highest BCUT2D eigenvalue weighted by atomic mass is 19.4. The summed E-state index contributed by atoms with van der Waals surface area (Å²) >= 11 is 0. The minimum Gasteiger partial charge on any atom is -0.478 e. The van der Waals surface area contributed by atoms with Crippen molar-refractivity contribution < 1.29 is 27.9 Å². The zero-order valence-corrected chi connectivity index (χ0v) is 10.4. The molecule has 20 heavy (non-hydrogen) atoms. The fourth-order valence-corrected chi connectivity index (χ4v) is 1.87. The Morgan fingerprint density at radius 3 is 2.15 bits per heavy atom. The van der Waals surface area contributed by atoms with Gasteiger partial charge in [-0.2, -0.15) is 13.2 Å². The summed E-state index contributed by atoms with van der Waals surface area (Å²) in [5.74, 6) is -2.95. The van der Waals surface area contributed by atoms with Crippen molar-refractivity contribution in [1.29, 1.82) is 0 Å². The number of alkyl halides is 3. The predicted octanol–water partition coefficient (Wildman–Crippen LogP) is 2.44. The van der Waals surface area contributed by atoms with Crippen LogP contribution in [0.15, 0.2) is 24.3 Å². The summed E-state index contributed by atoms with van der Waals surface area (Å²) in [6.07, 6.45) is -3.76. The Morgan fingerprint density at radius 2 is 1.75 bits per heavy atom. The molecule has 2 rings (SSSR count). The normalized spacial score (nSPS) is 14.9. The summed E-state index contributed by atoms with van der Waals surface area (Å²) in [5.41, 5.74) is 0.522. The largest absolute Gasteiger partial charge is 0.478 e. The fraction of sp³-hybridized carbons (Fsp3) is 0.385. The topological polar surface area (TPSA) is 57.6 Å². The van der Waals surface area contributed by atoms with E-state index in [0.29, 0.717) is 18.4 Å². The molecule has 108 valence electrons. The molecule has 4 nitrogen and oxygen atoms in total. The SMILES string of the molecule is O=C(O)c1ccc(CN(C(=O)C(F)(F)F)C2CC2)cc1. The molecule has 0 unspecified atom stereocenters. The van der Waals surface area contributed by atoms with Crippen LogP contribution in [0.2, 0.25) is 0 Å². The lowest BCUT2D eigenvalue weighted by atomic mass is 10.1. The Labute approximate surface area is 112 Å². The number of carboxylic acid groups (broad SMARTS) is 1. The number of aromatic carboxylic acids is 1. The maximum Gasteiger partial charge on any atom is 0.471 e. The van der Waals surface area contributed by atoms with E-state index in [9.17, 15) is 22.8 Å². The van der Waals surface area contributed by atoms with Gasteiger partial charge in [0.15, 0.2) is 0 Å². The summed E-state index contributed by atoms with van der Waals surface area (Å²) < 4.78 is 37.5. The standard InChI is InChI=1S/C13H12F3NO3/c14-13(15,16)12(20)17(10-5-6-10)7-8-1-3-9(4-2-8)11(18)19/h1-4,10H,5-7H2,(H,18,19). The van der Waals surface area contributed by atoms with Crippen LogP contribution in [0.5, 0.6) is 0 Å². The van der Waals surface area contributed by atoms with Crippen molar-refractivity contribution in [2.24, 2.45) is 0 Å². The number of hydrogen-bond donors (Lipinski definition) is 1. The van der Waals surface area contributed by atoms with Crippen LogP contribution in [0.4, 0.5) is 13.2 Å². The molecule has 1 saturated carbocycles. The molecule has 0 spiro atoms. The van der Waals surface area contributed by atoms with Crippen molar-refractivity contribution >= 4 is 11.9 Å². The molecule has 1 aliphatic rings. The lowest BCUT2D eigenvalue weighted by Crippen LogP contribution is -2.42. The van der Waals surface area contributed by atoms with E-state index >= 15 is 0 Å². The van der Waals surface area contributed by atoms with Crippen molar-refractivity contribution in [3.05, 3.63) is 35.4 Å². The first-order chi connectivity index (χ1) is 9.29. The van der Waals surface area contributed by atoms with Crippen LogP contribution in [0, 0.1) is 0 Å². The molecule has 1 fully saturated rings. The van der Waals surface area contributed by atoms with Gasteiger partial charge in [-0.1, -0.05) is 12.1 Å². The van der Waals surface area contributed by atoms with Crippen LogP contribution in [-0.4, -0.2) is 34.1 Å². The summed E-state index contributed by atoms with van der Waals surface area (Å²) in [5, 5.41) is 8.74. The first kappa shape index (κ1) is 14.4. The first-order valence-corrected chi connectivity index (χ1v) is 5.99. The van der Waals surface area contributed by atoms with Crippen molar-refractivity contribution in [3.63, 3.8) is 0 Å². The quantitative estimate of drug-likeness (QED) is 0.925. The lowest BCUT2D eigenvalue weighted by molar-refractivity contribution is -0.186. The average Bonchev–Trinajstić information content (AvgIpc) is 3.18. The predicted molar refractivity (Wildman–Crippen MR) is 63.0 cm³/mol. The summed E-state index contributed by atoms with van der Waals surface area (Å²) in [6.45, 7) is -0.164. The second-order valence-corrected chi connectivity index (χ2v) is 4.66. The number of halogens is 3. The zero-order chi connectivity index (χ0) is 14.9. The molecule has 7 heteroatoms. The maximum atomic E-state index is 12.5. The van der Waals surface area contributed by atoms with Crippen molar-refractivity contribution in [2.75, 3.05) is 0 Å². The lowest BCUT2D eigenvalue weighted by Gasteiger charge is -2.23. The minimum atomic E-state index is -4.89. The molecule has 1 amide bonds.